The summed E-state index contributed by atoms with van der Waals surface area (Å²) in [6.45, 7) is 2.86. The van der Waals surface area contributed by atoms with Crippen molar-refractivity contribution in [3.63, 3.8) is 0 Å². The van der Waals surface area contributed by atoms with Gasteiger partial charge in [0.1, 0.15) is 11.9 Å². The average molecular weight is 291 g/mol. The van der Waals surface area contributed by atoms with Crippen LogP contribution in [0.25, 0.3) is 10.9 Å². The third-order valence-electron chi connectivity index (χ3n) is 4.01. The van der Waals surface area contributed by atoms with Gasteiger partial charge in [-0.25, -0.2) is 0 Å². The molecule has 1 fully saturated rings. The molecule has 0 amide bonds. The standard InChI is InChI=1S/C18H17N3O/c1-2-4-18-17(3-1)14(5-10-20-18)11-21-12-16(13-21)22-15-6-8-19-9-7-15/h1-10,16H,11-13H2. The largest absolute Gasteiger partial charge is 0.488 e. The van der Waals surface area contributed by atoms with E-state index in [2.05, 4.69) is 39.1 Å². The summed E-state index contributed by atoms with van der Waals surface area (Å²) >= 11 is 0. The minimum Gasteiger partial charge on any atom is -0.488 e. The molecule has 2 aromatic heterocycles. The predicted octanol–water partition coefficient (Wildman–Crippen LogP) is 2.89. The summed E-state index contributed by atoms with van der Waals surface area (Å²) in [6, 6.07) is 14.2. The zero-order chi connectivity index (χ0) is 14.8. The van der Waals surface area contributed by atoms with Crippen LogP contribution in [0.4, 0.5) is 0 Å². The summed E-state index contributed by atoms with van der Waals surface area (Å²) in [7, 11) is 0. The van der Waals surface area contributed by atoms with Gasteiger partial charge in [-0.15, -0.1) is 0 Å². The normalized spacial score (nSPS) is 15.6. The first-order valence-corrected chi connectivity index (χ1v) is 7.50. The third kappa shape index (κ3) is 2.65. The van der Waals surface area contributed by atoms with E-state index in [1.54, 1.807) is 12.4 Å². The van der Waals surface area contributed by atoms with Crippen molar-refractivity contribution in [2.24, 2.45) is 0 Å². The third-order valence-corrected chi connectivity index (χ3v) is 4.01. The lowest BCUT2D eigenvalue weighted by atomic mass is 10.1. The average Bonchev–Trinajstić information content (AvgIpc) is 2.54. The lowest BCUT2D eigenvalue weighted by Gasteiger charge is -2.39. The van der Waals surface area contributed by atoms with Gasteiger partial charge in [-0.1, -0.05) is 18.2 Å². The van der Waals surface area contributed by atoms with Crippen LogP contribution in [0, 0.1) is 0 Å². The lowest BCUT2D eigenvalue weighted by Crippen LogP contribution is -2.53. The monoisotopic (exact) mass is 291 g/mol. The summed E-state index contributed by atoms with van der Waals surface area (Å²) in [6.07, 6.45) is 5.68. The molecule has 3 aromatic rings. The Morgan fingerprint density at radius 1 is 1.00 bits per heavy atom. The molecule has 110 valence electrons. The molecule has 1 aliphatic rings. The first-order chi connectivity index (χ1) is 10.9. The Morgan fingerprint density at radius 3 is 2.68 bits per heavy atom. The van der Waals surface area contributed by atoms with Crippen molar-refractivity contribution < 1.29 is 4.74 Å². The fourth-order valence-corrected chi connectivity index (χ4v) is 2.87. The topological polar surface area (TPSA) is 38.2 Å². The van der Waals surface area contributed by atoms with E-state index in [4.69, 9.17) is 4.74 Å². The molecule has 3 heterocycles. The second-order valence-electron chi connectivity index (χ2n) is 5.60. The smallest absolute Gasteiger partial charge is 0.124 e. The number of fused-ring (bicyclic) bond motifs is 1. The maximum Gasteiger partial charge on any atom is 0.124 e. The van der Waals surface area contributed by atoms with Crippen LogP contribution in [0.2, 0.25) is 0 Å². The van der Waals surface area contributed by atoms with Crippen LogP contribution in [0.5, 0.6) is 5.75 Å². The lowest BCUT2D eigenvalue weighted by molar-refractivity contribution is 0.0148. The summed E-state index contributed by atoms with van der Waals surface area (Å²) in [4.78, 5) is 10.8. The Bertz CT molecular complexity index is 764. The molecule has 1 aliphatic heterocycles. The van der Waals surface area contributed by atoms with Gasteiger partial charge < -0.3 is 4.74 Å². The van der Waals surface area contributed by atoms with Gasteiger partial charge in [-0.2, -0.15) is 0 Å². The molecule has 0 N–H and O–H groups in total. The van der Waals surface area contributed by atoms with Crippen LogP contribution in [-0.4, -0.2) is 34.1 Å². The van der Waals surface area contributed by atoms with Gasteiger partial charge in [-0.05, 0) is 29.8 Å². The van der Waals surface area contributed by atoms with E-state index in [9.17, 15) is 0 Å². The number of pyridine rings is 2. The Morgan fingerprint density at radius 2 is 1.82 bits per heavy atom. The number of ether oxygens (including phenoxy) is 1. The highest BCUT2D eigenvalue weighted by Crippen LogP contribution is 2.22. The van der Waals surface area contributed by atoms with Crippen molar-refractivity contribution in [3.8, 4) is 5.75 Å². The number of para-hydroxylation sites is 1. The number of rotatable bonds is 4. The molecule has 4 rings (SSSR count). The molecular formula is C18H17N3O. The second kappa shape index (κ2) is 5.73. The molecule has 22 heavy (non-hydrogen) atoms. The van der Waals surface area contributed by atoms with Gasteiger partial charge in [0.15, 0.2) is 0 Å². The summed E-state index contributed by atoms with van der Waals surface area (Å²) in [5.41, 5.74) is 2.39. The molecule has 1 aromatic carbocycles. The van der Waals surface area contributed by atoms with Crippen molar-refractivity contribution >= 4 is 10.9 Å². The zero-order valence-electron chi connectivity index (χ0n) is 12.2. The number of benzene rings is 1. The highest BCUT2D eigenvalue weighted by molar-refractivity contribution is 5.81. The van der Waals surface area contributed by atoms with Crippen LogP contribution in [0.3, 0.4) is 0 Å². The van der Waals surface area contributed by atoms with Gasteiger partial charge in [0.2, 0.25) is 0 Å². The number of likely N-dealkylation sites (tertiary alicyclic amines) is 1. The molecule has 0 spiro atoms. The number of aromatic nitrogens is 2. The van der Waals surface area contributed by atoms with E-state index < -0.39 is 0 Å². The molecule has 0 saturated carbocycles. The van der Waals surface area contributed by atoms with Crippen molar-refractivity contribution in [3.05, 3.63) is 66.6 Å². The molecule has 4 heteroatoms. The maximum absolute atomic E-state index is 5.91. The SMILES string of the molecule is c1ccc2c(CN3CC(Oc4ccncc4)C3)ccnc2c1. The minimum atomic E-state index is 0.274. The van der Waals surface area contributed by atoms with Crippen molar-refractivity contribution in [2.45, 2.75) is 12.6 Å². The molecule has 0 radical (unpaired) electrons. The predicted molar refractivity (Wildman–Crippen MR) is 85.7 cm³/mol. The first-order valence-electron chi connectivity index (χ1n) is 7.50. The van der Waals surface area contributed by atoms with Crippen LogP contribution >= 0.6 is 0 Å². The molecule has 1 saturated heterocycles. The quantitative estimate of drug-likeness (QED) is 0.741. The van der Waals surface area contributed by atoms with E-state index in [-0.39, 0.29) is 6.10 Å². The summed E-state index contributed by atoms with van der Waals surface area (Å²) in [5.74, 6) is 0.897. The maximum atomic E-state index is 5.91. The van der Waals surface area contributed by atoms with Gasteiger partial charge in [0.05, 0.1) is 5.52 Å². The molecule has 0 atom stereocenters. The van der Waals surface area contributed by atoms with E-state index in [1.165, 1.54) is 10.9 Å². The molecule has 0 unspecified atom stereocenters. The van der Waals surface area contributed by atoms with Crippen LogP contribution in [0.15, 0.2) is 61.1 Å². The second-order valence-corrected chi connectivity index (χ2v) is 5.60. The Labute approximate surface area is 129 Å². The summed E-state index contributed by atoms with van der Waals surface area (Å²) in [5, 5.41) is 1.24. The fraction of sp³-hybridized carbons (Fsp3) is 0.222. The zero-order valence-corrected chi connectivity index (χ0v) is 12.2. The highest BCUT2D eigenvalue weighted by atomic mass is 16.5. The van der Waals surface area contributed by atoms with Crippen molar-refractivity contribution in [2.75, 3.05) is 13.1 Å². The Balaban J connectivity index is 1.39. The molecule has 4 nitrogen and oxygen atoms in total. The molecular weight excluding hydrogens is 274 g/mol. The Hall–Kier alpha value is -2.46. The summed E-state index contributed by atoms with van der Waals surface area (Å²) < 4.78 is 5.91. The molecule has 0 aliphatic carbocycles. The van der Waals surface area contributed by atoms with E-state index in [0.717, 1.165) is 30.9 Å². The van der Waals surface area contributed by atoms with Gasteiger partial charge in [-0.3, -0.25) is 14.9 Å². The van der Waals surface area contributed by atoms with Crippen LogP contribution in [0.1, 0.15) is 5.56 Å². The highest BCUT2D eigenvalue weighted by Gasteiger charge is 2.28. The van der Waals surface area contributed by atoms with E-state index >= 15 is 0 Å². The van der Waals surface area contributed by atoms with Gasteiger partial charge in [0, 0.05) is 43.6 Å². The first kappa shape index (κ1) is 13.2. The van der Waals surface area contributed by atoms with Gasteiger partial charge >= 0.3 is 0 Å². The van der Waals surface area contributed by atoms with Crippen molar-refractivity contribution in [1.29, 1.82) is 0 Å². The van der Waals surface area contributed by atoms with Gasteiger partial charge in [0.25, 0.3) is 0 Å². The van der Waals surface area contributed by atoms with Crippen LogP contribution < -0.4 is 4.74 Å². The molecule has 0 bridgehead atoms. The van der Waals surface area contributed by atoms with E-state index in [1.807, 2.05) is 24.4 Å². The number of nitrogens with zero attached hydrogens (tertiary/aromatic N) is 3. The Kier molecular flexibility index (Phi) is 3.45. The fourth-order valence-electron chi connectivity index (χ4n) is 2.87. The van der Waals surface area contributed by atoms with E-state index in [0.29, 0.717) is 0 Å². The van der Waals surface area contributed by atoms with Crippen molar-refractivity contribution in [1.82, 2.24) is 14.9 Å². The number of hydrogen-bond donors (Lipinski definition) is 0. The van der Waals surface area contributed by atoms with Crippen LogP contribution in [-0.2, 0) is 6.54 Å². The number of hydrogen-bond acceptors (Lipinski definition) is 4. The minimum absolute atomic E-state index is 0.274.